The van der Waals surface area contributed by atoms with Gasteiger partial charge in [-0.3, -0.25) is 9.59 Å². The molecule has 3 heteroatoms. The van der Waals surface area contributed by atoms with Crippen molar-refractivity contribution in [1.29, 1.82) is 0 Å². The van der Waals surface area contributed by atoms with Crippen molar-refractivity contribution in [3.05, 3.63) is 0 Å². The molecule has 2 unspecified atom stereocenters. The molecule has 1 aliphatic heterocycles. The summed E-state index contributed by atoms with van der Waals surface area (Å²) in [4.78, 5) is 22.8. The molecule has 0 aromatic heterocycles. The van der Waals surface area contributed by atoms with Crippen LogP contribution in [0.2, 0.25) is 0 Å². The predicted octanol–water partition coefficient (Wildman–Crippen LogP) is 2.29. The topological polar surface area (TPSA) is 43.4 Å². The number of carbonyl (C=O) groups is 2. The summed E-state index contributed by atoms with van der Waals surface area (Å²) in [6.45, 7) is 4.37. The molecule has 1 aliphatic carbocycles. The summed E-state index contributed by atoms with van der Waals surface area (Å²) in [6.07, 6.45) is 4.22. The van der Waals surface area contributed by atoms with Crippen molar-refractivity contribution in [2.45, 2.75) is 46.0 Å². The van der Waals surface area contributed by atoms with Crippen LogP contribution in [0.25, 0.3) is 0 Å². The van der Waals surface area contributed by atoms with Gasteiger partial charge in [0.05, 0.1) is 11.8 Å². The third kappa shape index (κ3) is 1.80. The lowest BCUT2D eigenvalue weighted by atomic mass is 9.66. The van der Waals surface area contributed by atoms with Crippen LogP contribution in [0.4, 0.5) is 0 Å². The van der Waals surface area contributed by atoms with E-state index in [1.165, 1.54) is 6.42 Å². The van der Waals surface area contributed by atoms with Crippen LogP contribution in [-0.2, 0) is 14.3 Å². The summed E-state index contributed by atoms with van der Waals surface area (Å²) in [5.74, 6) is 0.560. The van der Waals surface area contributed by atoms with Crippen LogP contribution in [0.15, 0.2) is 0 Å². The molecule has 84 valence electrons. The van der Waals surface area contributed by atoms with Crippen LogP contribution in [0.3, 0.4) is 0 Å². The molecule has 0 bridgehead atoms. The number of hydrogen-bond donors (Lipinski definition) is 0. The highest BCUT2D eigenvalue weighted by Crippen LogP contribution is 2.48. The van der Waals surface area contributed by atoms with Gasteiger partial charge in [0.15, 0.2) is 0 Å². The van der Waals surface area contributed by atoms with E-state index >= 15 is 0 Å². The molecule has 2 atom stereocenters. The summed E-state index contributed by atoms with van der Waals surface area (Å²) in [6, 6.07) is 0. The molecule has 0 aromatic rings. The summed E-state index contributed by atoms with van der Waals surface area (Å²) < 4.78 is 4.70. The molecule has 0 amide bonds. The first-order chi connectivity index (χ1) is 7.03. The van der Waals surface area contributed by atoms with Gasteiger partial charge >= 0.3 is 11.9 Å². The van der Waals surface area contributed by atoms with Crippen LogP contribution in [0.1, 0.15) is 46.0 Å². The molecule has 0 radical (unpaired) electrons. The molecular formula is C12H18O3. The second-order valence-electron chi connectivity index (χ2n) is 5.32. The average Bonchev–Trinajstić information content (AvgIpc) is 2.41. The van der Waals surface area contributed by atoms with Crippen LogP contribution in [-0.4, -0.2) is 11.9 Å². The third-order valence-electron chi connectivity index (χ3n) is 3.95. The van der Waals surface area contributed by atoms with Crippen LogP contribution < -0.4 is 0 Å². The van der Waals surface area contributed by atoms with Crippen molar-refractivity contribution in [3.63, 3.8) is 0 Å². The molecule has 2 rings (SSSR count). The molecule has 2 fully saturated rings. The van der Waals surface area contributed by atoms with Crippen molar-refractivity contribution in [2.75, 3.05) is 0 Å². The van der Waals surface area contributed by atoms with Gasteiger partial charge in [-0.1, -0.05) is 26.7 Å². The molecule has 15 heavy (non-hydrogen) atoms. The number of cyclic esters (lactones) is 2. The van der Waals surface area contributed by atoms with E-state index < -0.39 is 5.41 Å². The Labute approximate surface area is 90.2 Å². The van der Waals surface area contributed by atoms with Gasteiger partial charge in [0.25, 0.3) is 0 Å². The number of carbonyl (C=O) groups excluding carboxylic acids is 2. The normalized spacial score (nSPS) is 36.3. The van der Waals surface area contributed by atoms with Gasteiger partial charge in [-0.2, -0.15) is 0 Å². The highest BCUT2D eigenvalue weighted by Gasteiger charge is 2.51. The maximum Gasteiger partial charge on any atom is 0.320 e. The zero-order valence-corrected chi connectivity index (χ0v) is 9.41. The van der Waals surface area contributed by atoms with Crippen LogP contribution >= 0.6 is 0 Å². The summed E-state index contributed by atoms with van der Waals surface area (Å²) >= 11 is 0. The van der Waals surface area contributed by atoms with Crippen LogP contribution in [0, 0.1) is 17.3 Å². The molecule has 2 aliphatic rings. The Morgan fingerprint density at radius 2 is 2.13 bits per heavy atom. The Morgan fingerprint density at radius 1 is 1.40 bits per heavy atom. The Balaban J connectivity index is 2.15. The smallest absolute Gasteiger partial charge is 0.320 e. The van der Waals surface area contributed by atoms with Crippen LogP contribution in [0.5, 0.6) is 0 Å². The maximum absolute atomic E-state index is 11.7. The van der Waals surface area contributed by atoms with Crippen molar-refractivity contribution in [2.24, 2.45) is 17.3 Å². The van der Waals surface area contributed by atoms with E-state index in [1.807, 2.05) is 0 Å². The standard InChI is InChI=1S/C12H18O3/c1-8(2)9-4-3-5-12(6-9)7-10(13)15-11(12)14/h8-9H,3-7H2,1-2H3. The van der Waals surface area contributed by atoms with E-state index in [2.05, 4.69) is 13.8 Å². The minimum absolute atomic E-state index is 0.266. The van der Waals surface area contributed by atoms with E-state index in [0.29, 0.717) is 18.3 Å². The lowest BCUT2D eigenvalue weighted by Gasteiger charge is -2.36. The lowest BCUT2D eigenvalue weighted by molar-refractivity contribution is -0.156. The Bertz CT molecular complexity index is 295. The second kappa shape index (κ2) is 3.62. The first-order valence-electron chi connectivity index (χ1n) is 5.79. The predicted molar refractivity (Wildman–Crippen MR) is 54.9 cm³/mol. The number of esters is 2. The fraction of sp³-hybridized carbons (Fsp3) is 0.833. The van der Waals surface area contributed by atoms with E-state index in [4.69, 9.17) is 4.74 Å². The number of hydrogen-bond acceptors (Lipinski definition) is 3. The first-order valence-corrected chi connectivity index (χ1v) is 5.79. The molecular weight excluding hydrogens is 192 g/mol. The molecule has 1 saturated heterocycles. The first kappa shape index (κ1) is 10.7. The monoisotopic (exact) mass is 210 g/mol. The second-order valence-corrected chi connectivity index (χ2v) is 5.32. The van der Waals surface area contributed by atoms with Gasteiger partial charge in [-0.15, -0.1) is 0 Å². The SMILES string of the molecule is CC(C)C1CCCC2(CC(=O)OC2=O)C1. The molecule has 1 heterocycles. The van der Waals surface area contributed by atoms with Crippen molar-refractivity contribution in [3.8, 4) is 0 Å². The summed E-state index contributed by atoms with van der Waals surface area (Å²) in [5.41, 5.74) is -0.454. The van der Waals surface area contributed by atoms with E-state index in [0.717, 1.165) is 19.3 Å². The summed E-state index contributed by atoms with van der Waals surface area (Å²) in [7, 11) is 0. The van der Waals surface area contributed by atoms with E-state index in [9.17, 15) is 9.59 Å². The van der Waals surface area contributed by atoms with Gasteiger partial charge in [0, 0.05) is 0 Å². The highest BCUT2D eigenvalue weighted by atomic mass is 16.6. The van der Waals surface area contributed by atoms with Crippen molar-refractivity contribution < 1.29 is 14.3 Å². The van der Waals surface area contributed by atoms with Gasteiger partial charge in [0.1, 0.15) is 0 Å². The third-order valence-corrected chi connectivity index (χ3v) is 3.95. The van der Waals surface area contributed by atoms with Gasteiger partial charge < -0.3 is 4.74 Å². The number of rotatable bonds is 1. The fourth-order valence-corrected chi connectivity index (χ4v) is 2.92. The fourth-order valence-electron chi connectivity index (χ4n) is 2.92. The van der Waals surface area contributed by atoms with E-state index in [-0.39, 0.29) is 11.9 Å². The highest BCUT2D eigenvalue weighted by molar-refractivity contribution is 5.97. The quantitative estimate of drug-likeness (QED) is 0.492. The largest absolute Gasteiger partial charge is 0.393 e. The molecule has 3 nitrogen and oxygen atoms in total. The molecule has 0 N–H and O–H groups in total. The summed E-state index contributed by atoms with van der Waals surface area (Å²) in [5, 5.41) is 0. The average molecular weight is 210 g/mol. The minimum atomic E-state index is -0.454. The van der Waals surface area contributed by atoms with Gasteiger partial charge in [-0.25, -0.2) is 0 Å². The minimum Gasteiger partial charge on any atom is -0.393 e. The van der Waals surface area contributed by atoms with Crippen molar-refractivity contribution in [1.82, 2.24) is 0 Å². The molecule has 1 saturated carbocycles. The number of ether oxygens (including phenoxy) is 1. The Morgan fingerprint density at radius 3 is 2.67 bits per heavy atom. The molecule has 0 aromatic carbocycles. The van der Waals surface area contributed by atoms with Gasteiger partial charge in [0.2, 0.25) is 0 Å². The van der Waals surface area contributed by atoms with Crippen molar-refractivity contribution >= 4 is 11.9 Å². The lowest BCUT2D eigenvalue weighted by Crippen LogP contribution is -2.34. The zero-order valence-electron chi connectivity index (χ0n) is 9.41. The Kier molecular flexibility index (Phi) is 2.57. The zero-order chi connectivity index (χ0) is 11.1. The molecule has 1 spiro atoms. The van der Waals surface area contributed by atoms with Gasteiger partial charge in [-0.05, 0) is 24.7 Å². The maximum atomic E-state index is 11.7. The van der Waals surface area contributed by atoms with E-state index in [1.54, 1.807) is 0 Å². The Hall–Kier alpha value is -0.860.